The summed E-state index contributed by atoms with van der Waals surface area (Å²) in [5.74, 6) is -0.0274. The first-order valence-electron chi connectivity index (χ1n) is 6.07. The van der Waals surface area contributed by atoms with Crippen molar-refractivity contribution in [1.82, 2.24) is 9.80 Å². The molecule has 2 heterocycles. The van der Waals surface area contributed by atoms with E-state index in [0.717, 1.165) is 0 Å². The molecule has 1 aromatic rings. The molecule has 1 fully saturated rings. The minimum absolute atomic E-state index is 0.0274. The van der Waals surface area contributed by atoms with Gasteiger partial charge in [0.1, 0.15) is 0 Å². The van der Waals surface area contributed by atoms with E-state index in [4.69, 9.17) is 16.3 Å². The highest BCUT2D eigenvalue weighted by Crippen LogP contribution is 2.21. The van der Waals surface area contributed by atoms with Crippen LogP contribution in [0.5, 0.6) is 0 Å². The maximum atomic E-state index is 12.2. The highest BCUT2D eigenvalue weighted by molar-refractivity contribution is 7.12. The first-order valence-corrected chi connectivity index (χ1v) is 7.32. The molecule has 7 heteroatoms. The van der Waals surface area contributed by atoms with E-state index >= 15 is 0 Å². The largest absolute Gasteiger partial charge is 0.450 e. The fraction of sp³-hybridized carbons (Fsp3) is 0.500. The topological polar surface area (TPSA) is 49.9 Å². The lowest BCUT2D eigenvalue weighted by atomic mass is 10.3. The Morgan fingerprint density at radius 2 is 1.95 bits per heavy atom. The third kappa shape index (κ3) is 3.39. The van der Waals surface area contributed by atoms with Gasteiger partial charge in [-0.15, -0.1) is 11.3 Å². The van der Waals surface area contributed by atoms with Crippen molar-refractivity contribution in [3.05, 3.63) is 21.3 Å². The van der Waals surface area contributed by atoms with Crippen molar-refractivity contribution in [3.8, 4) is 0 Å². The monoisotopic (exact) mass is 302 g/mol. The molecular formula is C12H15ClN2O3S. The molecule has 1 saturated heterocycles. The van der Waals surface area contributed by atoms with Crippen molar-refractivity contribution in [3.63, 3.8) is 0 Å². The van der Waals surface area contributed by atoms with Gasteiger partial charge in [0.2, 0.25) is 0 Å². The Balaban J connectivity index is 1.89. The van der Waals surface area contributed by atoms with Crippen LogP contribution in [0.15, 0.2) is 11.4 Å². The van der Waals surface area contributed by atoms with E-state index in [1.165, 1.54) is 11.3 Å². The van der Waals surface area contributed by atoms with Crippen LogP contribution in [0.3, 0.4) is 0 Å². The van der Waals surface area contributed by atoms with Crippen LogP contribution in [0.2, 0.25) is 5.02 Å². The van der Waals surface area contributed by atoms with Crippen LogP contribution in [-0.4, -0.2) is 54.6 Å². The molecule has 0 bridgehead atoms. The van der Waals surface area contributed by atoms with E-state index in [-0.39, 0.29) is 12.0 Å². The molecule has 0 saturated carbocycles. The predicted molar refractivity (Wildman–Crippen MR) is 73.8 cm³/mol. The van der Waals surface area contributed by atoms with Crippen molar-refractivity contribution in [2.75, 3.05) is 32.8 Å². The number of thiophene rings is 1. The molecule has 19 heavy (non-hydrogen) atoms. The Morgan fingerprint density at radius 1 is 1.32 bits per heavy atom. The third-order valence-electron chi connectivity index (χ3n) is 2.87. The lowest BCUT2D eigenvalue weighted by Gasteiger charge is -2.33. The number of piperazine rings is 1. The number of halogens is 1. The third-order valence-corrected chi connectivity index (χ3v) is 4.14. The maximum Gasteiger partial charge on any atom is 0.409 e. The van der Waals surface area contributed by atoms with Crippen LogP contribution in [0.25, 0.3) is 0 Å². The molecule has 0 atom stereocenters. The summed E-state index contributed by atoms with van der Waals surface area (Å²) in [7, 11) is 0. The molecule has 1 aliphatic heterocycles. The van der Waals surface area contributed by atoms with E-state index in [9.17, 15) is 9.59 Å². The summed E-state index contributed by atoms with van der Waals surface area (Å²) >= 11 is 7.15. The molecule has 0 radical (unpaired) electrons. The first kappa shape index (κ1) is 14.1. The van der Waals surface area contributed by atoms with Gasteiger partial charge < -0.3 is 14.5 Å². The number of hydrogen-bond acceptors (Lipinski definition) is 4. The van der Waals surface area contributed by atoms with Crippen molar-refractivity contribution < 1.29 is 14.3 Å². The highest BCUT2D eigenvalue weighted by Gasteiger charge is 2.26. The fourth-order valence-corrected chi connectivity index (χ4v) is 2.93. The quantitative estimate of drug-likeness (QED) is 0.842. The molecule has 0 unspecified atom stereocenters. The zero-order chi connectivity index (χ0) is 13.8. The van der Waals surface area contributed by atoms with Gasteiger partial charge in [-0.3, -0.25) is 4.79 Å². The van der Waals surface area contributed by atoms with E-state index in [0.29, 0.717) is 42.7 Å². The number of ether oxygens (including phenoxy) is 1. The first-order chi connectivity index (χ1) is 9.11. The summed E-state index contributed by atoms with van der Waals surface area (Å²) in [4.78, 5) is 27.7. The van der Waals surface area contributed by atoms with Crippen LogP contribution < -0.4 is 0 Å². The molecule has 0 spiro atoms. The van der Waals surface area contributed by atoms with Gasteiger partial charge in [0.25, 0.3) is 5.91 Å². The number of hydrogen-bond donors (Lipinski definition) is 0. The van der Waals surface area contributed by atoms with Gasteiger partial charge in [0.15, 0.2) is 0 Å². The molecule has 1 aromatic heterocycles. The van der Waals surface area contributed by atoms with Crippen molar-refractivity contribution >= 4 is 34.9 Å². The van der Waals surface area contributed by atoms with Crippen LogP contribution in [-0.2, 0) is 4.74 Å². The smallest absolute Gasteiger partial charge is 0.409 e. The molecule has 2 rings (SSSR count). The van der Waals surface area contributed by atoms with Crippen molar-refractivity contribution in [1.29, 1.82) is 0 Å². The van der Waals surface area contributed by atoms with E-state index in [2.05, 4.69) is 0 Å². The molecule has 5 nitrogen and oxygen atoms in total. The Labute approximate surface area is 120 Å². The fourth-order valence-electron chi connectivity index (χ4n) is 1.89. The summed E-state index contributed by atoms with van der Waals surface area (Å²) in [6.45, 7) is 4.19. The zero-order valence-corrected chi connectivity index (χ0v) is 12.2. The maximum absolute atomic E-state index is 12.2. The minimum atomic E-state index is -0.311. The van der Waals surface area contributed by atoms with E-state index in [1.807, 2.05) is 0 Å². The average molecular weight is 303 g/mol. The van der Waals surface area contributed by atoms with E-state index in [1.54, 1.807) is 28.2 Å². The van der Waals surface area contributed by atoms with E-state index < -0.39 is 0 Å². The lowest BCUT2D eigenvalue weighted by molar-refractivity contribution is 0.0574. The van der Waals surface area contributed by atoms with Gasteiger partial charge in [-0.2, -0.15) is 0 Å². The van der Waals surface area contributed by atoms with Crippen molar-refractivity contribution in [2.24, 2.45) is 0 Å². The SMILES string of the molecule is CCOC(=O)N1CCN(C(=O)c2cc(Cl)cs2)CC1. The Hall–Kier alpha value is -1.27. The van der Waals surface area contributed by atoms with Crippen LogP contribution in [0, 0.1) is 0 Å². The lowest BCUT2D eigenvalue weighted by Crippen LogP contribution is -2.50. The number of nitrogens with zero attached hydrogens (tertiary/aromatic N) is 2. The van der Waals surface area contributed by atoms with Gasteiger partial charge >= 0.3 is 6.09 Å². The Morgan fingerprint density at radius 3 is 2.47 bits per heavy atom. The van der Waals surface area contributed by atoms with Gasteiger partial charge in [0.05, 0.1) is 16.5 Å². The standard InChI is InChI=1S/C12H15ClN2O3S/c1-2-18-12(17)15-5-3-14(4-6-15)11(16)10-7-9(13)8-19-10/h7-8H,2-6H2,1H3. The average Bonchev–Trinajstić information content (AvgIpc) is 2.85. The van der Waals surface area contributed by atoms with Crippen LogP contribution in [0.1, 0.15) is 16.6 Å². The molecule has 1 aliphatic rings. The van der Waals surface area contributed by atoms with Crippen molar-refractivity contribution in [2.45, 2.75) is 6.92 Å². The van der Waals surface area contributed by atoms with Gasteiger partial charge in [-0.1, -0.05) is 11.6 Å². The molecule has 0 aromatic carbocycles. The molecule has 0 aliphatic carbocycles. The summed E-state index contributed by atoms with van der Waals surface area (Å²) in [6, 6.07) is 1.67. The number of rotatable bonds is 2. The minimum Gasteiger partial charge on any atom is -0.450 e. The molecular weight excluding hydrogens is 288 g/mol. The second kappa shape index (κ2) is 6.25. The second-order valence-corrected chi connectivity index (χ2v) is 5.46. The van der Waals surface area contributed by atoms with Crippen LogP contribution >= 0.6 is 22.9 Å². The van der Waals surface area contributed by atoms with Gasteiger partial charge in [-0.25, -0.2) is 4.79 Å². The summed E-state index contributed by atoms with van der Waals surface area (Å²) in [5, 5.41) is 2.32. The summed E-state index contributed by atoms with van der Waals surface area (Å²) in [6.07, 6.45) is -0.311. The zero-order valence-electron chi connectivity index (χ0n) is 10.6. The normalized spacial score (nSPS) is 15.5. The summed E-state index contributed by atoms with van der Waals surface area (Å²) < 4.78 is 4.93. The Bertz CT molecular complexity index is 469. The number of carbonyl (C=O) groups excluding carboxylic acids is 2. The predicted octanol–water partition coefficient (Wildman–Crippen LogP) is 2.32. The molecule has 104 valence electrons. The van der Waals surface area contributed by atoms with Crippen LogP contribution in [0.4, 0.5) is 4.79 Å². The number of carbonyl (C=O) groups is 2. The number of amides is 2. The molecule has 0 N–H and O–H groups in total. The Kier molecular flexibility index (Phi) is 4.66. The summed E-state index contributed by atoms with van der Waals surface area (Å²) in [5.41, 5.74) is 0. The van der Waals surface area contributed by atoms with Gasteiger partial charge in [0, 0.05) is 31.6 Å². The van der Waals surface area contributed by atoms with Gasteiger partial charge in [-0.05, 0) is 13.0 Å². The second-order valence-electron chi connectivity index (χ2n) is 4.11. The highest BCUT2D eigenvalue weighted by atomic mass is 35.5. The molecule has 2 amide bonds.